The minimum Gasteiger partial charge on any atom is -0.293 e. The monoisotopic (exact) mass is 244 g/mol. The van der Waals surface area contributed by atoms with E-state index in [4.69, 9.17) is 0 Å². The van der Waals surface area contributed by atoms with Crippen molar-refractivity contribution in [3.05, 3.63) is 53.9 Å². The van der Waals surface area contributed by atoms with Gasteiger partial charge >= 0.3 is 0 Å². The number of hydrogen-bond acceptors (Lipinski definition) is 4. The minimum absolute atomic E-state index is 0.103. The van der Waals surface area contributed by atoms with Crippen molar-refractivity contribution in [2.75, 3.05) is 5.75 Å². The molecule has 0 spiro atoms. The molecule has 1 aromatic carbocycles. The van der Waals surface area contributed by atoms with Crippen LogP contribution in [0.4, 0.5) is 0 Å². The molecular formula is C13H12N2OS. The van der Waals surface area contributed by atoms with Crippen molar-refractivity contribution in [1.29, 1.82) is 0 Å². The van der Waals surface area contributed by atoms with Gasteiger partial charge < -0.3 is 0 Å². The maximum absolute atomic E-state index is 11.9. The van der Waals surface area contributed by atoms with Crippen molar-refractivity contribution in [2.24, 2.45) is 0 Å². The van der Waals surface area contributed by atoms with Gasteiger partial charge in [-0.25, -0.2) is 9.97 Å². The first-order valence-electron chi connectivity index (χ1n) is 5.25. The van der Waals surface area contributed by atoms with Crippen LogP contribution >= 0.6 is 11.8 Å². The van der Waals surface area contributed by atoms with E-state index in [1.165, 1.54) is 11.8 Å². The summed E-state index contributed by atoms with van der Waals surface area (Å²) in [7, 11) is 0. The Labute approximate surface area is 104 Å². The Hall–Kier alpha value is -1.68. The normalized spacial score (nSPS) is 10.2. The molecule has 17 heavy (non-hydrogen) atoms. The molecule has 0 radical (unpaired) electrons. The van der Waals surface area contributed by atoms with Crippen LogP contribution in [0.25, 0.3) is 0 Å². The van der Waals surface area contributed by atoms with Crippen LogP contribution in [0.15, 0.2) is 47.9 Å². The standard InChI is InChI=1S/C13H12N2OS/c1-10-4-2-5-11(8-10)12(16)9-17-13-14-6-3-7-15-13/h2-8H,9H2,1H3. The van der Waals surface area contributed by atoms with Crippen molar-refractivity contribution in [2.45, 2.75) is 12.1 Å². The number of rotatable bonds is 4. The third-order valence-corrected chi connectivity index (χ3v) is 3.09. The number of hydrogen-bond donors (Lipinski definition) is 0. The summed E-state index contributed by atoms with van der Waals surface area (Å²) < 4.78 is 0. The summed E-state index contributed by atoms with van der Waals surface area (Å²) in [6.45, 7) is 1.98. The van der Waals surface area contributed by atoms with E-state index in [2.05, 4.69) is 9.97 Å². The number of ketones is 1. The first-order chi connectivity index (χ1) is 8.25. The lowest BCUT2D eigenvalue weighted by atomic mass is 10.1. The van der Waals surface area contributed by atoms with Crippen molar-refractivity contribution < 1.29 is 4.79 Å². The predicted octanol–water partition coefficient (Wildman–Crippen LogP) is 2.76. The first kappa shape index (κ1) is 11.8. The molecule has 0 saturated heterocycles. The molecule has 0 aliphatic carbocycles. The number of carbonyl (C=O) groups excluding carboxylic acids is 1. The molecule has 4 heteroatoms. The lowest BCUT2D eigenvalue weighted by Crippen LogP contribution is -2.03. The molecule has 0 unspecified atom stereocenters. The molecular weight excluding hydrogens is 232 g/mol. The number of nitrogens with zero attached hydrogens (tertiary/aromatic N) is 2. The van der Waals surface area contributed by atoms with Crippen LogP contribution in [0, 0.1) is 6.92 Å². The second kappa shape index (κ2) is 5.59. The van der Waals surface area contributed by atoms with Gasteiger partial charge in [0.25, 0.3) is 0 Å². The van der Waals surface area contributed by atoms with E-state index in [1.54, 1.807) is 18.5 Å². The summed E-state index contributed by atoms with van der Waals surface area (Å²) in [5.74, 6) is 0.471. The Morgan fingerprint density at radius 3 is 2.71 bits per heavy atom. The smallest absolute Gasteiger partial charge is 0.187 e. The maximum Gasteiger partial charge on any atom is 0.187 e. The van der Waals surface area contributed by atoms with Gasteiger partial charge in [-0.1, -0.05) is 35.5 Å². The molecule has 0 amide bonds. The Kier molecular flexibility index (Phi) is 3.88. The van der Waals surface area contributed by atoms with Crippen LogP contribution in [0.1, 0.15) is 15.9 Å². The Bertz CT molecular complexity index is 514. The zero-order valence-electron chi connectivity index (χ0n) is 9.46. The molecule has 0 aliphatic heterocycles. The number of thioether (sulfide) groups is 1. The average molecular weight is 244 g/mol. The quantitative estimate of drug-likeness (QED) is 0.471. The van der Waals surface area contributed by atoms with Crippen molar-refractivity contribution in [3.63, 3.8) is 0 Å². The van der Waals surface area contributed by atoms with Gasteiger partial charge in [-0.05, 0) is 19.1 Å². The van der Waals surface area contributed by atoms with E-state index in [9.17, 15) is 4.79 Å². The molecule has 3 nitrogen and oxygen atoms in total. The molecule has 0 bridgehead atoms. The molecule has 2 aromatic rings. The number of carbonyl (C=O) groups is 1. The highest BCUT2D eigenvalue weighted by Crippen LogP contribution is 2.14. The van der Waals surface area contributed by atoms with E-state index in [0.29, 0.717) is 10.9 Å². The number of aryl methyl sites for hydroxylation is 1. The highest BCUT2D eigenvalue weighted by Gasteiger charge is 2.07. The van der Waals surface area contributed by atoms with Gasteiger partial charge in [0, 0.05) is 18.0 Å². The largest absolute Gasteiger partial charge is 0.293 e. The fraction of sp³-hybridized carbons (Fsp3) is 0.154. The Morgan fingerprint density at radius 2 is 2.00 bits per heavy atom. The SMILES string of the molecule is Cc1cccc(C(=O)CSc2ncccn2)c1. The summed E-state index contributed by atoms with van der Waals surface area (Å²) in [5, 5.41) is 0.633. The summed E-state index contributed by atoms with van der Waals surface area (Å²) in [6, 6.07) is 9.36. The third-order valence-electron chi connectivity index (χ3n) is 2.21. The second-order valence-corrected chi connectivity index (χ2v) is 4.56. The molecule has 0 fully saturated rings. The van der Waals surface area contributed by atoms with Crippen LogP contribution in [0.2, 0.25) is 0 Å². The number of Topliss-reactive ketones (excluding diaryl/α,β-unsaturated/α-hetero) is 1. The molecule has 2 rings (SSSR count). The number of aromatic nitrogens is 2. The lowest BCUT2D eigenvalue weighted by molar-refractivity contribution is 0.102. The molecule has 1 heterocycles. The van der Waals surface area contributed by atoms with Gasteiger partial charge in [-0.2, -0.15) is 0 Å². The molecule has 86 valence electrons. The van der Waals surface area contributed by atoms with E-state index in [1.807, 2.05) is 31.2 Å². The summed E-state index contributed by atoms with van der Waals surface area (Å²) in [5.41, 5.74) is 1.84. The van der Waals surface area contributed by atoms with Crippen LogP contribution in [-0.4, -0.2) is 21.5 Å². The van der Waals surface area contributed by atoms with E-state index < -0.39 is 0 Å². The van der Waals surface area contributed by atoms with E-state index in [-0.39, 0.29) is 5.78 Å². The van der Waals surface area contributed by atoms with Gasteiger partial charge in [0.1, 0.15) is 0 Å². The second-order valence-electron chi connectivity index (χ2n) is 3.61. The predicted molar refractivity (Wildman–Crippen MR) is 68.3 cm³/mol. The van der Waals surface area contributed by atoms with Crippen LogP contribution in [0.3, 0.4) is 0 Å². The first-order valence-corrected chi connectivity index (χ1v) is 6.24. The van der Waals surface area contributed by atoms with Crippen LogP contribution < -0.4 is 0 Å². The zero-order valence-corrected chi connectivity index (χ0v) is 10.3. The highest BCUT2D eigenvalue weighted by molar-refractivity contribution is 7.99. The van der Waals surface area contributed by atoms with Crippen molar-refractivity contribution >= 4 is 17.5 Å². The molecule has 1 aromatic heterocycles. The lowest BCUT2D eigenvalue weighted by Gasteiger charge is -2.01. The average Bonchev–Trinajstić information content (AvgIpc) is 2.37. The summed E-state index contributed by atoms with van der Waals surface area (Å²) in [4.78, 5) is 20.0. The van der Waals surface area contributed by atoms with Crippen molar-refractivity contribution in [1.82, 2.24) is 9.97 Å². The maximum atomic E-state index is 11.9. The molecule has 0 atom stereocenters. The third kappa shape index (κ3) is 3.39. The fourth-order valence-corrected chi connectivity index (χ4v) is 2.09. The highest BCUT2D eigenvalue weighted by atomic mass is 32.2. The molecule has 0 aliphatic rings. The van der Waals surface area contributed by atoms with Gasteiger partial charge in [0.05, 0.1) is 5.75 Å². The zero-order chi connectivity index (χ0) is 12.1. The summed E-state index contributed by atoms with van der Waals surface area (Å²) in [6.07, 6.45) is 3.35. The Morgan fingerprint density at radius 1 is 1.24 bits per heavy atom. The van der Waals surface area contributed by atoms with Crippen LogP contribution in [-0.2, 0) is 0 Å². The summed E-state index contributed by atoms with van der Waals surface area (Å²) >= 11 is 1.36. The van der Waals surface area contributed by atoms with Gasteiger partial charge in [-0.15, -0.1) is 0 Å². The minimum atomic E-state index is 0.103. The molecule has 0 saturated carbocycles. The number of benzene rings is 1. The molecule has 0 N–H and O–H groups in total. The fourth-order valence-electron chi connectivity index (χ4n) is 1.39. The van der Waals surface area contributed by atoms with E-state index >= 15 is 0 Å². The topological polar surface area (TPSA) is 42.9 Å². The van der Waals surface area contributed by atoms with E-state index in [0.717, 1.165) is 11.1 Å². The van der Waals surface area contributed by atoms with Gasteiger partial charge in [0.2, 0.25) is 0 Å². The Balaban J connectivity index is 1.98. The van der Waals surface area contributed by atoms with Gasteiger partial charge in [-0.3, -0.25) is 4.79 Å². The van der Waals surface area contributed by atoms with Crippen LogP contribution in [0.5, 0.6) is 0 Å². The van der Waals surface area contributed by atoms with Crippen molar-refractivity contribution in [3.8, 4) is 0 Å². The van der Waals surface area contributed by atoms with Gasteiger partial charge in [0.15, 0.2) is 10.9 Å².